The van der Waals surface area contributed by atoms with Crippen molar-refractivity contribution in [1.29, 1.82) is 0 Å². The smallest absolute Gasteiger partial charge is 0.310 e. The lowest BCUT2D eigenvalue weighted by atomic mass is 9.73. The number of carboxylic acid groups (broad SMARTS) is 1. The van der Waals surface area contributed by atoms with E-state index in [0.29, 0.717) is 0 Å². The van der Waals surface area contributed by atoms with E-state index in [1.54, 1.807) is 0 Å². The summed E-state index contributed by atoms with van der Waals surface area (Å²) in [6.45, 7) is 7.29. The predicted molar refractivity (Wildman–Crippen MR) is 79.4 cm³/mol. The number of rotatable bonds is 9. The normalized spacial score (nSPS) is 18.7. The Hall–Kier alpha value is -0.570. The molecule has 0 atom stereocenters. The molecule has 1 aliphatic rings. The van der Waals surface area contributed by atoms with Crippen molar-refractivity contribution in [2.24, 2.45) is 5.41 Å². The van der Waals surface area contributed by atoms with E-state index in [-0.39, 0.29) is 0 Å². The summed E-state index contributed by atoms with van der Waals surface area (Å²) < 4.78 is 0. The molecule has 3 heteroatoms. The Morgan fingerprint density at radius 2 is 1.58 bits per heavy atom. The first-order chi connectivity index (χ1) is 9.14. The fraction of sp³-hybridized carbons (Fsp3) is 0.938. The minimum Gasteiger partial charge on any atom is -0.481 e. The third-order valence-corrected chi connectivity index (χ3v) is 4.45. The van der Waals surface area contributed by atoms with Crippen LogP contribution in [0.2, 0.25) is 0 Å². The van der Waals surface area contributed by atoms with Crippen molar-refractivity contribution in [3.05, 3.63) is 0 Å². The highest BCUT2D eigenvalue weighted by Crippen LogP contribution is 2.37. The zero-order valence-electron chi connectivity index (χ0n) is 12.8. The molecule has 0 bridgehead atoms. The van der Waals surface area contributed by atoms with Crippen LogP contribution in [0.1, 0.15) is 71.6 Å². The minimum absolute atomic E-state index is 0.459. The summed E-state index contributed by atoms with van der Waals surface area (Å²) in [5.41, 5.74) is -0.459. The third-order valence-electron chi connectivity index (χ3n) is 4.45. The molecule has 112 valence electrons. The van der Waals surface area contributed by atoms with Gasteiger partial charge in [0, 0.05) is 6.54 Å². The summed E-state index contributed by atoms with van der Waals surface area (Å²) in [6, 6.07) is 0. The van der Waals surface area contributed by atoms with Gasteiger partial charge in [-0.25, -0.2) is 0 Å². The summed E-state index contributed by atoms with van der Waals surface area (Å²) in [5.74, 6) is -0.565. The van der Waals surface area contributed by atoms with E-state index in [1.807, 2.05) is 0 Å². The van der Waals surface area contributed by atoms with E-state index < -0.39 is 11.4 Å². The first kappa shape index (κ1) is 16.5. The zero-order valence-corrected chi connectivity index (χ0v) is 12.8. The molecule has 1 aliphatic carbocycles. The average molecular weight is 269 g/mol. The maximum Gasteiger partial charge on any atom is 0.310 e. The Morgan fingerprint density at radius 1 is 1.05 bits per heavy atom. The topological polar surface area (TPSA) is 40.5 Å². The Kier molecular flexibility index (Phi) is 7.44. The van der Waals surface area contributed by atoms with Gasteiger partial charge in [0.2, 0.25) is 0 Å². The van der Waals surface area contributed by atoms with Crippen LogP contribution >= 0.6 is 0 Å². The van der Waals surface area contributed by atoms with E-state index in [9.17, 15) is 9.90 Å². The first-order valence-corrected chi connectivity index (χ1v) is 8.10. The van der Waals surface area contributed by atoms with Crippen LogP contribution in [0.4, 0.5) is 0 Å². The maximum atomic E-state index is 11.7. The summed E-state index contributed by atoms with van der Waals surface area (Å²) >= 11 is 0. The molecule has 0 radical (unpaired) electrons. The van der Waals surface area contributed by atoms with Gasteiger partial charge in [-0.3, -0.25) is 4.79 Å². The standard InChI is InChI=1S/C16H31NO2/c1-3-5-12-17(13-6-4-2)14-16(15(18)19)10-8-7-9-11-16/h3-14H2,1-2H3,(H,18,19). The van der Waals surface area contributed by atoms with Crippen LogP contribution in [-0.4, -0.2) is 35.6 Å². The Labute approximate surface area is 118 Å². The van der Waals surface area contributed by atoms with Gasteiger partial charge in [-0.05, 0) is 38.8 Å². The van der Waals surface area contributed by atoms with Crippen molar-refractivity contribution in [3.8, 4) is 0 Å². The summed E-state index contributed by atoms with van der Waals surface area (Å²) in [6.07, 6.45) is 9.85. The number of carbonyl (C=O) groups is 1. The SMILES string of the molecule is CCCCN(CCCC)CC1(C(=O)O)CCCCC1. The van der Waals surface area contributed by atoms with Gasteiger partial charge >= 0.3 is 5.97 Å². The highest BCUT2D eigenvalue weighted by atomic mass is 16.4. The molecular formula is C16H31NO2. The molecule has 1 fully saturated rings. The van der Waals surface area contributed by atoms with E-state index in [0.717, 1.165) is 45.3 Å². The predicted octanol–water partition coefficient (Wildman–Crippen LogP) is 3.92. The molecular weight excluding hydrogens is 238 g/mol. The minimum atomic E-state index is -0.565. The quantitative estimate of drug-likeness (QED) is 0.689. The molecule has 0 heterocycles. The van der Waals surface area contributed by atoms with Gasteiger partial charge in [0.05, 0.1) is 5.41 Å². The number of carboxylic acids is 1. The number of aliphatic carboxylic acids is 1. The van der Waals surface area contributed by atoms with Gasteiger partial charge in [0.25, 0.3) is 0 Å². The van der Waals surface area contributed by atoms with Crippen LogP contribution in [-0.2, 0) is 4.79 Å². The largest absolute Gasteiger partial charge is 0.481 e. The molecule has 0 saturated heterocycles. The zero-order chi connectivity index (χ0) is 14.1. The summed E-state index contributed by atoms with van der Waals surface area (Å²) in [4.78, 5) is 14.1. The lowest BCUT2D eigenvalue weighted by Crippen LogP contribution is -2.45. The second kappa shape index (κ2) is 8.57. The summed E-state index contributed by atoms with van der Waals surface area (Å²) in [7, 11) is 0. The van der Waals surface area contributed by atoms with E-state index in [1.165, 1.54) is 32.1 Å². The highest BCUT2D eigenvalue weighted by molar-refractivity contribution is 5.75. The molecule has 1 N–H and O–H groups in total. The Morgan fingerprint density at radius 3 is 2.00 bits per heavy atom. The maximum absolute atomic E-state index is 11.7. The first-order valence-electron chi connectivity index (χ1n) is 8.10. The van der Waals surface area contributed by atoms with Crippen molar-refractivity contribution in [1.82, 2.24) is 4.90 Å². The molecule has 0 aliphatic heterocycles. The number of hydrogen-bond donors (Lipinski definition) is 1. The lowest BCUT2D eigenvalue weighted by Gasteiger charge is -2.38. The highest BCUT2D eigenvalue weighted by Gasteiger charge is 2.40. The Bertz CT molecular complexity index is 251. The molecule has 0 aromatic rings. The molecule has 0 spiro atoms. The van der Waals surface area contributed by atoms with Crippen LogP contribution < -0.4 is 0 Å². The van der Waals surface area contributed by atoms with Gasteiger partial charge in [-0.1, -0.05) is 46.0 Å². The number of nitrogens with zero attached hydrogens (tertiary/aromatic N) is 1. The van der Waals surface area contributed by atoms with Gasteiger partial charge in [0.1, 0.15) is 0 Å². The molecule has 1 rings (SSSR count). The molecule has 3 nitrogen and oxygen atoms in total. The molecule has 0 amide bonds. The van der Waals surface area contributed by atoms with Crippen molar-refractivity contribution < 1.29 is 9.90 Å². The summed E-state index contributed by atoms with van der Waals surface area (Å²) in [5, 5.41) is 9.66. The second-order valence-corrected chi connectivity index (χ2v) is 6.13. The second-order valence-electron chi connectivity index (χ2n) is 6.13. The molecule has 0 aromatic carbocycles. The molecule has 19 heavy (non-hydrogen) atoms. The fourth-order valence-electron chi connectivity index (χ4n) is 3.13. The molecule has 0 aromatic heterocycles. The average Bonchev–Trinajstić information content (AvgIpc) is 2.42. The van der Waals surface area contributed by atoms with Crippen molar-refractivity contribution in [2.45, 2.75) is 71.6 Å². The van der Waals surface area contributed by atoms with Crippen molar-refractivity contribution in [2.75, 3.05) is 19.6 Å². The van der Waals surface area contributed by atoms with Crippen LogP contribution in [0.5, 0.6) is 0 Å². The Balaban J connectivity index is 2.63. The van der Waals surface area contributed by atoms with Crippen LogP contribution in [0.25, 0.3) is 0 Å². The fourth-order valence-corrected chi connectivity index (χ4v) is 3.13. The van der Waals surface area contributed by atoms with Crippen molar-refractivity contribution >= 4 is 5.97 Å². The van der Waals surface area contributed by atoms with Gasteiger partial charge in [0.15, 0.2) is 0 Å². The number of unbranched alkanes of at least 4 members (excludes halogenated alkanes) is 2. The molecule has 1 saturated carbocycles. The van der Waals surface area contributed by atoms with Crippen LogP contribution in [0.3, 0.4) is 0 Å². The monoisotopic (exact) mass is 269 g/mol. The van der Waals surface area contributed by atoms with Gasteiger partial charge < -0.3 is 10.0 Å². The van der Waals surface area contributed by atoms with Crippen LogP contribution in [0, 0.1) is 5.41 Å². The van der Waals surface area contributed by atoms with E-state index >= 15 is 0 Å². The van der Waals surface area contributed by atoms with Crippen molar-refractivity contribution in [3.63, 3.8) is 0 Å². The van der Waals surface area contributed by atoms with Crippen LogP contribution in [0.15, 0.2) is 0 Å². The third kappa shape index (κ3) is 5.13. The van der Waals surface area contributed by atoms with Gasteiger partial charge in [-0.2, -0.15) is 0 Å². The molecule has 0 unspecified atom stereocenters. The van der Waals surface area contributed by atoms with E-state index in [4.69, 9.17) is 0 Å². The lowest BCUT2D eigenvalue weighted by molar-refractivity contribution is -0.152. The van der Waals surface area contributed by atoms with Gasteiger partial charge in [-0.15, -0.1) is 0 Å². The number of hydrogen-bond acceptors (Lipinski definition) is 2. The van der Waals surface area contributed by atoms with E-state index in [2.05, 4.69) is 18.7 Å².